The van der Waals surface area contributed by atoms with Crippen LogP contribution >= 0.6 is 0 Å². The van der Waals surface area contributed by atoms with Gasteiger partial charge in [-0.05, 0) is 23.6 Å². The minimum Gasteiger partial charge on any atom is -0.398 e. The Morgan fingerprint density at radius 1 is 1.54 bits per heavy atom. The van der Waals surface area contributed by atoms with Crippen molar-refractivity contribution in [2.24, 2.45) is 0 Å². The van der Waals surface area contributed by atoms with Crippen LogP contribution in [-0.2, 0) is 11.2 Å². The first-order valence-corrected chi connectivity index (χ1v) is 4.52. The largest absolute Gasteiger partial charge is 0.398 e. The number of benzene rings is 1. The molecule has 13 heavy (non-hydrogen) atoms. The predicted octanol–water partition coefficient (Wildman–Crippen LogP) is 2.13. The summed E-state index contributed by atoms with van der Waals surface area (Å²) >= 11 is 0. The van der Waals surface area contributed by atoms with Crippen LogP contribution in [0.3, 0.4) is 0 Å². The average Bonchev–Trinajstić information content (AvgIpc) is 2.17. The van der Waals surface area contributed by atoms with Crippen molar-refractivity contribution in [1.82, 2.24) is 0 Å². The maximum atomic E-state index is 10.6. The first-order valence-electron chi connectivity index (χ1n) is 4.52. The topological polar surface area (TPSA) is 43.1 Å². The maximum absolute atomic E-state index is 10.6. The summed E-state index contributed by atoms with van der Waals surface area (Å²) in [5, 5.41) is 0. The Balaban J connectivity index is 3.10. The van der Waals surface area contributed by atoms with Crippen LogP contribution in [0.1, 0.15) is 30.9 Å². The van der Waals surface area contributed by atoms with Gasteiger partial charge in [-0.1, -0.05) is 26.0 Å². The number of nitrogens with two attached hydrogens (primary N) is 1. The van der Waals surface area contributed by atoms with Gasteiger partial charge < -0.3 is 10.5 Å². The minimum absolute atomic E-state index is 0.105. The molecule has 1 rings (SSSR count). The zero-order chi connectivity index (χ0) is 9.84. The van der Waals surface area contributed by atoms with Gasteiger partial charge in [-0.15, -0.1) is 0 Å². The van der Waals surface area contributed by atoms with Crippen LogP contribution in [-0.4, -0.2) is 6.29 Å². The van der Waals surface area contributed by atoms with E-state index in [1.54, 1.807) is 0 Å². The highest BCUT2D eigenvalue weighted by molar-refractivity contribution is 5.67. The maximum Gasteiger partial charge on any atom is 0.127 e. The highest BCUT2D eigenvalue weighted by atomic mass is 16.1. The zero-order valence-corrected chi connectivity index (χ0v) is 8.08. The molecule has 0 saturated heterocycles. The summed E-state index contributed by atoms with van der Waals surface area (Å²) in [6.45, 7) is 3.94. The Kier molecular flexibility index (Phi) is 3.07. The third-order valence-electron chi connectivity index (χ3n) is 2.25. The van der Waals surface area contributed by atoms with E-state index >= 15 is 0 Å². The standard InChI is InChI=1S/C11H15NO/c1-3-9-4-5-11(12)10(6-9)8(2)7-13/h4-8H,3,12H2,1-2H3. The number of nitrogen functional groups attached to an aromatic ring is 1. The summed E-state index contributed by atoms with van der Waals surface area (Å²) < 4.78 is 0. The van der Waals surface area contributed by atoms with Crippen molar-refractivity contribution in [2.45, 2.75) is 26.2 Å². The van der Waals surface area contributed by atoms with Gasteiger partial charge in [-0.3, -0.25) is 0 Å². The number of hydrogen-bond acceptors (Lipinski definition) is 2. The molecule has 0 heterocycles. The molecule has 0 fully saturated rings. The van der Waals surface area contributed by atoms with E-state index in [1.807, 2.05) is 25.1 Å². The Labute approximate surface area is 78.8 Å². The number of hydrogen-bond donors (Lipinski definition) is 1. The molecule has 0 amide bonds. The number of aryl methyl sites for hydroxylation is 1. The molecule has 2 heteroatoms. The number of carbonyl (C=O) groups excluding carboxylic acids is 1. The van der Waals surface area contributed by atoms with E-state index in [0.29, 0.717) is 5.69 Å². The lowest BCUT2D eigenvalue weighted by Gasteiger charge is -2.09. The fourth-order valence-electron chi connectivity index (χ4n) is 1.31. The molecule has 0 aliphatic carbocycles. The first-order chi connectivity index (χ1) is 6.19. The minimum atomic E-state index is -0.105. The summed E-state index contributed by atoms with van der Waals surface area (Å²) in [6.07, 6.45) is 1.89. The molecule has 1 unspecified atom stereocenters. The Morgan fingerprint density at radius 3 is 2.77 bits per heavy atom. The van der Waals surface area contributed by atoms with Crippen molar-refractivity contribution in [1.29, 1.82) is 0 Å². The van der Waals surface area contributed by atoms with Crippen molar-refractivity contribution in [3.63, 3.8) is 0 Å². The van der Waals surface area contributed by atoms with Gasteiger partial charge in [-0.25, -0.2) is 0 Å². The Morgan fingerprint density at radius 2 is 2.23 bits per heavy atom. The number of anilines is 1. The SMILES string of the molecule is CCc1ccc(N)c(C(C)C=O)c1. The molecular weight excluding hydrogens is 162 g/mol. The molecule has 0 aliphatic heterocycles. The molecule has 0 bridgehead atoms. The van der Waals surface area contributed by atoms with Crippen molar-refractivity contribution >= 4 is 12.0 Å². The van der Waals surface area contributed by atoms with Gasteiger partial charge in [0.1, 0.15) is 6.29 Å². The van der Waals surface area contributed by atoms with Crippen molar-refractivity contribution in [2.75, 3.05) is 5.73 Å². The normalized spacial score (nSPS) is 12.5. The molecular formula is C11H15NO. The second-order valence-corrected chi connectivity index (χ2v) is 3.24. The molecule has 1 aromatic carbocycles. The molecule has 1 aromatic rings. The van der Waals surface area contributed by atoms with Gasteiger partial charge in [0.05, 0.1) is 0 Å². The fraction of sp³-hybridized carbons (Fsp3) is 0.364. The van der Waals surface area contributed by atoms with E-state index in [0.717, 1.165) is 18.3 Å². The van der Waals surface area contributed by atoms with Crippen molar-refractivity contribution < 1.29 is 4.79 Å². The van der Waals surface area contributed by atoms with Gasteiger partial charge in [0, 0.05) is 11.6 Å². The third kappa shape index (κ3) is 2.08. The third-order valence-corrected chi connectivity index (χ3v) is 2.25. The first kappa shape index (κ1) is 9.78. The lowest BCUT2D eigenvalue weighted by molar-refractivity contribution is -0.108. The molecule has 70 valence electrons. The van der Waals surface area contributed by atoms with Crippen LogP contribution in [0.15, 0.2) is 18.2 Å². The van der Waals surface area contributed by atoms with Crippen LogP contribution in [0.25, 0.3) is 0 Å². The van der Waals surface area contributed by atoms with Crippen LogP contribution in [0, 0.1) is 0 Å². The Hall–Kier alpha value is -1.31. The lowest BCUT2D eigenvalue weighted by atomic mass is 9.98. The second kappa shape index (κ2) is 4.08. The highest BCUT2D eigenvalue weighted by Gasteiger charge is 2.07. The van der Waals surface area contributed by atoms with Crippen LogP contribution in [0.5, 0.6) is 0 Å². The van der Waals surface area contributed by atoms with Gasteiger partial charge >= 0.3 is 0 Å². The van der Waals surface area contributed by atoms with E-state index in [4.69, 9.17) is 5.73 Å². The lowest BCUT2D eigenvalue weighted by Crippen LogP contribution is -2.01. The van der Waals surface area contributed by atoms with Gasteiger partial charge in [0.15, 0.2) is 0 Å². The van der Waals surface area contributed by atoms with E-state index in [2.05, 4.69) is 6.92 Å². The second-order valence-electron chi connectivity index (χ2n) is 3.24. The summed E-state index contributed by atoms with van der Waals surface area (Å²) in [4.78, 5) is 10.6. The van der Waals surface area contributed by atoms with E-state index < -0.39 is 0 Å². The molecule has 2 nitrogen and oxygen atoms in total. The smallest absolute Gasteiger partial charge is 0.127 e. The monoisotopic (exact) mass is 177 g/mol. The summed E-state index contributed by atoms with van der Waals surface area (Å²) in [6, 6.07) is 5.87. The van der Waals surface area contributed by atoms with Crippen molar-refractivity contribution in [3.8, 4) is 0 Å². The van der Waals surface area contributed by atoms with Crippen LogP contribution in [0.4, 0.5) is 5.69 Å². The summed E-state index contributed by atoms with van der Waals surface area (Å²) in [5.41, 5.74) is 8.63. The molecule has 2 N–H and O–H groups in total. The summed E-state index contributed by atoms with van der Waals surface area (Å²) in [5.74, 6) is -0.105. The summed E-state index contributed by atoms with van der Waals surface area (Å²) in [7, 11) is 0. The van der Waals surface area contributed by atoms with E-state index in [1.165, 1.54) is 5.56 Å². The van der Waals surface area contributed by atoms with Gasteiger partial charge in [0.2, 0.25) is 0 Å². The average molecular weight is 177 g/mol. The molecule has 0 radical (unpaired) electrons. The van der Waals surface area contributed by atoms with E-state index in [9.17, 15) is 4.79 Å². The van der Waals surface area contributed by atoms with Crippen LogP contribution in [0.2, 0.25) is 0 Å². The van der Waals surface area contributed by atoms with Crippen LogP contribution < -0.4 is 5.73 Å². The molecule has 0 aromatic heterocycles. The number of aldehydes is 1. The molecule has 0 aliphatic rings. The Bertz CT molecular complexity index is 307. The van der Waals surface area contributed by atoms with Crippen molar-refractivity contribution in [3.05, 3.63) is 29.3 Å². The predicted molar refractivity (Wildman–Crippen MR) is 54.7 cm³/mol. The fourth-order valence-corrected chi connectivity index (χ4v) is 1.31. The zero-order valence-electron chi connectivity index (χ0n) is 8.08. The molecule has 0 spiro atoms. The molecule has 0 saturated carbocycles. The number of carbonyl (C=O) groups is 1. The van der Waals surface area contributed by atoms with E-state index in [-0.39, 0.29) is 5.92 Å². The molecule has 1 atom stereocenters. The van der Waals surface area contributed by atoms with Gasteiger partial charge in [0.25, 0.3) is 0 Å². The quantitative estimate of drug-likeness (QED) is 0.567. The van der Waals surface area contributed by atoms with Gasteiger partial charge in [-0.2, -0.15) is 0 Å². The highest BCUT2D eigenvalue weighted by Crippen LogP contribution is 2.22. The number of rotatable bonds is 3.